The lowest BCUT2D eigenvalue weighted by Gasteiger charge is -2.58. The van der Waals surface area contributed by atoms with Crippen LogP contribution in [0.5, 0.6) is 0 Å². The first-order valence-electron chi connectivity index (χ1n) is 11.3. The Balaban J connectivity index is 1.35. The van der Waals surface area contributed by atoms with E-state index in [9.17, 15) is 14.7 Å². The van der Waals surface area contributed by atoms with E-state index in [0.717, 1.165) is 16.7 Å². The molecule has 33 heavy (non-hydrogen) atoms. The fourth-order valence-corrected chi connectivity index (χ4v) is 5.18. The Labute approximate surface area is 193 Å². The summed E-state index contributed by atoms with van der Waals surface area (Å²) in [6, 6.07) is 21.8. The van der Waals surface area contributed by atoms with Crippen LogP contribution >= 0.6 is 0 Å². The second kappa shape index (κ2) is 8.79. The number of amides is 2. The fourth-order valence-electron chi connectivity index (χ4n) is 5.18. The minimum absolute atomic E-state index is 0.00374. The first kappa shape index (κ1) is 21.3. The van der Waals surface area contributed by atoms with Gasteiger partial charge in [0.25, 0.3) is 0 Å². The number of nitrogens with zero attached hydrogens (tertiary/aromatic N) is 3. The quantitative estimate of drug-likeness (QED) is 0.661. The molecule has 2 aliphatic rings. The minimum Gasteiger partial charge on any atom is -0.394 e. The van der Waals surface area contributed by atoms with E-state index in [1.807, 2.05) is 24.3 Å². The van der Waals surface area contributed by atoms with Crippen molar-refractivity contribution in [3.05, 3.63) is 89.7 Å². The van der Waals surface area contributed by atoms with Gasteiger partial charge in [-0.25, -0.2) is 0 Å². The standard InChI is InChI=1S/C27H27N3O3/c1-18-5-4-6-21(13-18)19-8-10-20(11-9-19)27-23-15-29(16-26(33)30(23)24(27)17-31)25(32)14-22-7-2-3-12-28-22/h2-13,23-24,27,31H,14-17H2,1H3/t23-,24+,27+/m0/s1. The minimum atomic E-state index is -0.250. The molecular weight excluding hydrogens is 414 g/mol. The predicted octanol–water partition coefficient (Wildman–Crippen LogP) is 2.80. The third-order valence-corrected chi connectivity index (χ3v) is 6.81. The highest BCUT2D eigenvalue weighted by Crippen LogP contribution is 2.43. The Bertz CT molecular complexity index is 1160. The molecule has 6 nitrogen and oxygen atoms in total. The zero-order valence-corrected chi connectivity index (χ0v) is 18.6. The topological polar surface area (TPSA) is 73.7 Å². The molecule has 6 heteroatoms. The summed E-state index contributed by atoms with van der Waals surface area (Å²) in [4.78, 5) is 33.4. The van der Waals surface area contributed by atoms with Gasteiger partial charge in [-0.2, -0.15) is 0 Å². The summed E-state index contributed by atoms with van der Waals surface area (Å²) >= 11 is 0. The number of aryl methyl sites for hydroxylation is 1. The van der Waals surface area contributed by atoms with Crippen molar-refractivity contribution in [2.45, 2.75) is 31.3 Å². The van der Waals surface area contributed by atoms with Crippen LogP contribution in [0, 0.1) is 6.92 Å². The van der Waals surface area contributed by atoms with Gasteiger partial charge in [0.2, 0.25) is 11.8 Å². The smallest absolute Gasteiger partial charge is 0.242 e. The molecule has 0 radical (unpaired) electrons. The van der Waals surface area contributed by atoms with Crippen molar-refractivity contribution in [3.8, 4) is 11.1 Å². The van der Waals surface area contributed by atoms with Gasteiger partial charge >= 0.3 is 0 Å². The van der Waals surface area contributed by atoms with Crippen molar-refractivity contribution in [2.24, 2.45) is 0 Å². The van der Waals surface area contributed by atoms with Crippen LogP contribution in [0.15, 0.2) is 72.9 Å². The second-order valence-electron chi connectivity index (χ2n) is 8.91. The Morgan fingerprint density at radius 2 is 1.88 bits per heavy atom. The number of fused-ring (bicyclic) bond motifs is 1. The molecule has 3 atom stereocenters. The van der Waals surface area contributed by atoms with Gasteiger partial charge in [-0.3, -0.25) is 14.6 Å². The molecule has 3 aromatic rings. The maximum absolute atomic E-state index is 12.9. The highest BCUT2D eigenvalue weighted by molar-refractivity contribution is 5.88. The summed E-state index contributed by atoms with van der Waals surface area (Å²) in [6.07, 6.45) is 1.85. The number of aromatic nitrogens is 1. The molecule has 2 amide bonds. The number of aliphatic hydroxyl groups is 1. The number of pyridine rings is 1. The summed E-state index contributed by atoms with van der Waals surface area (Å²) in [5, 5.41) is 10.0. The lowest BCUT2D eigenvalue weighted by atomic mass is 9.73. The van der Waals surface area contributed by atoms with Crippen LogP contribution in [0.25, 0.3) is 11.1 Å². The monoisotopic (exact) mass is 441 g/mol. The van der Waals surface area contributed by atoms with Crippen LogP contribution in [0.4, 0.5) is 0 Å². The Hall–Kier alpha value is -3.51. The van der Waals surface area contributed by atoms with E-state index in [-0.39, 0.29) is 49.4 Å². The normalized spacial score (nSPS) is 22.0. The van der Waals surface area contributed by atoms with E-state index in [2.05, 4.69) is 54.4 Å². The van der Waals surface area contributed by atoms with Crippen molar-refractivity contribution in [3.63, 3.8) is 0 Å². The second-order valence-corrected chi connectivity index (χ2v) is 8.91. The maximum Gasteiger partial charge on any atom is 0.242 e. The van der Waals surface area contributed by atoms with Gasteiger partial charge < -0.3 is 14.9 Å². The van der Waals surface area contributed by atoms with Gasteiger partial charge in [-0.1, -0.05) is 60.2 Å². The van der Waals surface area contributed by atoms with Crippen molar-refractivity contribution in [2.75, 3.05) is 19.7 Å². The van der Waals surface area contributed by atoms with Crippen LogP contribution in [0.2, 0.25) is 0 Å². The molecule has 3 heterocycles. The predicted molar refractivity (Wildman–Crippen MR) is 125 cm³/mol. The summed E-state index contributed by atoms with van der Waals surface area (Å²) in [7, 11) is 0. The first-order chi connectivity index (χ1) is 16.0. The third kappa shape index (κ3) is 4.02. The van der Waals surface area contributed by atoms with Crippen LogP contribution in [-0.2, 0) is 16.0 Å². The molecular formula is C27H27N3O3. The molecule has 0 saturated carbocycles. The Morgan fingerprint density at radius 1 is 1.06 bits per heavy atom. The molecule has 0 spiro atoms. The molecule has 2 aliphatic heterocycles. The van der Waals surface area contributed by atoms with Gasteiger partial charge in [0.1, 0.15) is 0 Å². The van der Waals surface area contributed by atoms with Crippen LogP contribution in [0.3, 0.4) is 0 Å². The number of hydrogen-bond acceptors (Lipinski definition) is 4. The van der Waals surface area contributed by atoms with Crippen LogP contribution in [0.1, 0.15) is 22.7 Å². The molecule has 0 unspecified atom stereocenters. The van der Waals surface area contributed by atoms with Gasteiger partial charge in [-0.15, -0.1) is 0 Å². The van der Waals surface area contributed by atoms with Gasteiger partial charge in [0.05, 0.1) is 31.7 Å². The zero-order valence-electron chi connectivity index (χ0n) is 18.6. The summed E-state index contributed by atoms with van der Waals surface area (Å²) in [5.41, 5.74) is 5.28. The molecule has 2 aromatic carbocycles. The number of piperazine rings is 1. The van der Waals surface area contributed by atoms with E-state index in [0.29, 0.717) is 12.2 Å². The average molecular weight is 442 g/mol. The van der Waals surface area contributed by atoms with E-state index in [1.54, 1.807) is 16.0 Å². The number of carbonyl (C=O) groups is 2. The molecule has 1 aromatic heterocycles. The highest BCUT2D eigenvalue weighted by atomic mass is 16.3. The van der Waals surface area contributed by atoms with Crippen LogP contribution in [-0.4, -0.2) is 63.5 Å². The summed E-state index contributed by atoms with van der Waals surface area (Å²) < 4.78 is 0. The molecule has 2 saturated heterocycles. The maximum atomic E-state index is 12.9. The summed E-state index contributed by atoms with van der Waals surface area (Å²) in [6.45, 7) is 2.51. The third-order valence-electron chi connectivity index (χ3n) is 6.81. The van der Waals surface area contributed by atoms with Crippen molar-refractivity contribution >= 4 is 11.8 Å². The number of aliphatic hydroxyl groups excluding tert-OH is 1. The lowest BCUT2D eigenvalue weighted by Crippen LogP contribution is -2.73. The first-order valence-corrected chi connectivity index (χ1v) is 11.3. The van der Waals surface area contributed by atoms with E-state index in [4.69, 9.17) is 0 Å². The highest BCUT2D eigenvalue weighted by Gasteiger charge is 2.54. The summed E-state index contributed by atoms with van der Waals surface area (Å²) in [5.74, 6) is -0.203. The molecule has 2 fully saturated rings. The number of carbonyl (C=O) groups excluding carboxylic acids is 2. The van der Waals surface area contributed by atoms with Crippen LogP contribution < -0.4 is 0 Å². The van der Waals surface area contributed by atoms with E-state index < -0.39 is 0 Å². The number of hydrogen-bond donors (Lipinski definition) is 1. The average Bonchev–Trinajstić information content (AvgIpc) is 2.81. The molecule has 1 N–H and O–H groups in total. The zero-order chi connectivity index (χ0) is 22.9. The molecule has 5 rings (SSSR count). The number of benzene rings is 2. The fraction of sp³-hybridized carbons (Fsp3) is 0.296. The van der Waals surface area contributed by atoms with Crippen molar-refractivity contribution in [1.82, 2.24) is 14.8 Å². The van der Waals surface area contributed by atoms with Gasteiger partial charge in [-0.05, 0) is 35.7 Å². The SMILES string of the molecule is Cc1cccc(-c2ccc([C@H]3[C@@H](CO)N4C(=O)CN(C(=O)Cc5ccccn5)C[C@@H]34)cc2)c1. The van der Waals surface area contributed by atoms with Gasteiger partial charge in [0, 0.05) is 24.4 Å². The number of rotatable bonds is 5. The molecule has 168 valence electrons. The van der Waals surface area contributed by atoms with Gasteiger partial charge in [0.15, 0.2) is 0 Å². The van der Waals surface area contributed by atoms with Crippen molar-refractivity contribution < 1.29 is 14.7 Å². The largest absolute Gasteiger partial charge is 0.394 e. The van der Waals surface area contributed by atoms with Crippen molar-refractivity contribution in [1.29, 1.82) is 0 Å². The Morgan fingerprint density at radius 3 is 2.58 bits per heavy atom. The molecule has 0 bridgehead atoms. The lowest BCUT2D eigenvalue weighted by molar-refractivity contribution is -0.166. The Kier molecular flexibility index (Phi) is 5.68. The van der Waals surface area contributed by atoms with E-state index >= 15 is 0 Å². The molecule has 0 aliphatic carbocycles. The van der Waals surface area contributed by atoms with E-state index in [1.165, 1.54) is 5.56 Å².